The van der Waals surface area contributed by atoms with Crippen molar-refractivity contribution in [2.24, 2.45) is 0 Å². The van der Waals surface area contributed by atoms with E-state index in [1.165, 1.54) is 12.1 Å². The third kappa shape index (κ3) is 6.44. The fraction of sp³-hybridized carbons (Fsp3) is 0.111. The topological polar surface area (TPSA) is 55.4 Å². The molecule has 0 aliphatic rings. The van der Waals surface area contributed by atoms with Crippen LogP contribution < -0.4 is 5.32 Å². The lowest BCUT2D eigenvalue weighted by atomic mass is 10.2. The molecule has 0 atom stereocenters. The van der Waals surface area contributed by atoms with Crippen molar-refractivity contribution >= 4 is 58.4 Å². The fourth-order valence-electron chi connectivity index (χ4n) is 1.96. The number of ether oxygens (including phenoxy) is 1. The minimum Gasteiger partial charge on any atom is -0.452 e. The molecule has 148 valence electrons. The Bertz CT molecular complexity index is 930. The summed E-state index contributed by atoms with van der Waals surface area (Å²) in [7, 11) is 0. The number of carbonyl (C=O) groups excluding carboxylic acids is 2. The number of hydrogen-bond acceptors (Lipinski definition) is 3. The molecular weight excluding hydrogens is 442 g/mol. The summed E-state index contributed by atoms with van der Waals surface area (Å²) in [5.41, 5.74) is -0.726. The van der Waals surface area contributed by atoms with Gasteiger partial charge < -0.3 is 10.1 Å². The Hall–Kier alpha value is -2.22. The molecule has 28 heavy (non-hydrogen) atoms. The molecule has 0 radical (unpaired) electrons. The van der Waals surface area contributed by atoms with Gasteiger partial charge in [0.15, 0.2) is 6.61 Å². The van der Waals surface area contributed by atoms with Crippen LogP contribution >= 0.6 is 34.8 Å². The summed E-state index contributed by atoms with van der Waals surface area (Å²) in [4.78, 5) is 23.5. The lowest BCUT2D eigenvalue weighted by Crippen LogP contribution is -2.20. The van der Waals surface area contributed by atoms with Crippen molar-refractivity contribution in [3.8, 4) is 0 Å². The second kappa shape index (κ2) is 9.32. The van der Waals surface area contributed by atoms with Crippen LogP contribution in [0.2, 0.25) is 15.1 Å². The number of carbonyl (C=O) groups is 2. The highest BCUT2D eigenvalue weighted by molar-refractivity contribution is 6.35. The first-order valence-corrected chi connectivity index (χ1v) is 8.66. The summed E-state index contributed by atoms with van der Waals surface area (Å²) in [5, 5.41) is 2.81. The van der Waals surface area contributed by atoms with E-state index in [-0.39, 0.29) is 10.7 Å². The third-order valence-corrected chi connectivity index (χ3v) is 4.17. The van der Waals surface area contributed by atoms with Crippen LogP contribution in [-0.4, -0.2) is 18.5 Å². The quantitative estimate of drug-likeness (QED) is 0.457. The van der Waals surface area contributed by atoms with Crippen LogP contribution in [0.15, 0.2) is 42.5 Å². The summed E-state index contributed by atoms with van der Waals surface area (Å²) in [6.45, 7) is -0.718. The van der Waals surface area contributed by atoms with Gasteiger partial charge in [0, 0.05) is 16.1 Å². The van der Waals surface area contributed by atoms with Crippen molar-refractivity contribution in [1.82, 2.24) is 0 Å². The largest absolute Gasteiger partial charge is 0.452 e. The zero-order valence-corrected chi connectivity index (χ0v) is 16.1. The number of hydrogen-bond donors (Lipinski definition) is 1. The Kier molecular flexibility index (Phi) is 7.35. The second-order valence-electron chi connectivity index (χ2n) is 5.35. The van der Waals surface area contributed by atoms with Crippen molar-refractivity contribution < 1.29 is 27.5 Å². The maximum atomic E-state index is 12.7. The second-order valence-corrected chi connectivity index (χ2v) is 6.60. The predicted octanol–water partition coefficient (Wildman–Crippen LogP) is 5.86. The highest BCUT2D eigenvalue weighted by Gasteiger charge is 2.31. The van der Waals surface area contributed by atoms with Gasteiger partial charge >= 0.3 is 12.1 Å². The van der Waals surface area contributed by atoms with Gasteiger partial charge in [-0.05, 0) is 42.0 Å². The van der Waals surface area contributed by atoms with E-state index in [1.54, 1.807) is 12.1 Å². The predicted molar refractivity (Wildman–Crippen MR) is 102 cm³/mol. The number of benzene rings is 2. The van der Waals surface area contributed by atoms with Gasteiger partial charge in [-0.1, -0.05) is 40.9 Å². The van der Waals surface area contributed by atoms with Gasteiger partial charge in [0.2, 0.25) is 0 Å². The lowest BCUT2D eigenvalue weighted by Gasteiger charge is -2.11. The van der Waals surface area contributed by atoms with Crippen LogP contribution in [0.4, 0.5) is 18.9 Å². The number of anilines is 1. The maximum absolute atomic E-state index is 12.7. The van der Waals surface area contributed by atoms with Gasteiger partial charge in [-0.25, -0.2) is 4.79 Å². The monoisotopic (exact) mass is 451 g/mol. The molecule has 0 heterocycles. The van der Waals surface area contributed by atoms with E-state index in [2.05, 4.69) is 5.32 Å². The molecule has 0 fully saturated rings. The van der Waals surface area contributed by atoms with Crippen molar-refractivity contribution in [3.63, 3.8) is 0 Å². The minimum absolute atomic E-state index is 0.0926. The van der Waals surface area contributed by atoms with Crippen molar-refractivity contribution in [1.29, 1.82) is 0 Å². The number of halogens is 6. The summed E-state index contributed by atoms with van der Waals surface area (Å²) in [6, 6.07) is 7.11. The molecule has 0 spiro atoms. The SMILES string of the molecule is O=C(COC(=O)/C=C/c1ccc(Cl)cc1Cl)Nc1cc(C(F)(F)F)ccc1Cl. The normalized spacial score (nSPS) is 11.5. The van der Waals surface area contributed by atoms with Gasteiger partial charge in [0.05, 0.1) is 16.3 Å². The van der Waals surface area contributed by atoms with E-state index in [0.29, 0.717) is 21.7 Å². The standard InChI is InChI=1S/C18H11Cl3F3NO3/c19-12-4-1-10(14(21)8-12)2-6-17(27)28-9-16(26)25-15-7-11(18(22,23)24)3-5-13(15)20/h1-8H,9H2,(H,25,26)/b6-2+. The molecule has 2 rings (SSSR count). The van der Waals surface area contributed by atoms with Gasteiger partial charge in [-0.3, -0.25) is 4.79 Å². The number of amides is 1. The van der Waals surface area contributed by atoms with Crippen LogP contribution in [0.1, 0.15) is 11.1 Å². The van der Waals surface area contributed by atoms with Crippen molar-refractivity contribution in [3.05, 3.63) is 68.7 Å². The van der Waals surface area contributed by atoms with Crippen molar-refractivity contribution in [2.45, 2.75) is 6.18 Å². The summed E-state index contributed by atoms with van der Waals surface area (Å²) in [6.07, 6.45) is -2.19. The number of nitrogens with one attached hydrogen (secondary N) is 1. The first-order chi connectivity index (χ1) is 13.1. The molecule has 0 bridgehead atoms. The van der Waals surface area contributed by atoms with E-state index in [1.807, 2.05) is 0 Å². The first kappa shape index (κ1) is 22.1. The Labute approximate surface area is 172 Å². The minimum atomic E-state index is -4.59. The molecule has 10 heteroatoms. The summed E-state index contributed by atoms with van der Waals surface area (Å²) in [5.74, 6) is -1.70. The Morgan fingerprint density at radius 3 is 2.39 bits per heavy atom. The Morgan fingerprint density at radius 2 is 1.75 bits per heavy atom. The average Bonchev–Trinajstić information content (AvgIpc) is 2.60. The van der Waals surface area contributed by atoms with Gasteiger partial charge in [-0.15, -0.1) is 0 Å². The molecule has 0 saturated heterocycles. The fourth-order valence-corrected chi connectivity index (χ4v) is 2.60. The van der Waals surface area contributed by atoms with Crippen LogP contribution in [0, 0.1) is 0 Å². The molecule has 2 aromatic carbocycles. The molecule has 0 aromatic heterocycles. The molecule has 1 amide bonds. The van der Waals surface area contributed by atoms with E-state index < -0.39 is 30.2 Å². The molecule has 0 saturated carbocycles. The molecule has 2 aromatic rings. The average molecular weight is 453 g/mol. The third-order valence-electron chi connectivity index (χ3n) is 3.27. The molecule has 0 aliphatic carbocycles. The lowest BCUT2D eigenvalue weighted by molar-refractivity contribution is -0.142. The van der Waals surface area contributed by atoms with Gasteiger partial charge in [0.1, 0.15) is 0 Å². The van der Waals surface area contributed by atoms with Crippen LogP contribution in [0.5, 0.6) is 0 Å². The number of rotatable bonds is 5. The number of esters is 1. The van der Waals surface area contributed by atoms with Crippen LogP contribution in [0.25, 0.3) is 6.08 Å². The smallest absolute Gasteiger partial charge is 0.416 e. The molecular formula is C18H11Cl3F3NO3. The Balaban J connectivity index is 1.93. The molecule has 0 aliphatic heterocycles. The summed E-state index contributed by atoms with van der Waals surface area (Å²) < 4.78 is 42.9. The maximum Gasteiger partial charge on any atom is 0.416 e. The van der Waals surface area contributed by atoms with E-state index in [9.17, 15) is 22.8 Å². The zero-order valence-electron chi connectivity index (χ0n) is 13.8. The molecule has 4 nitrogen and oxygen atoms in total. The zero-order chi connectivity index (χ0) is 20.9. The molecule has 1 N–H and O–H groups in total. The van der Waals surface area contributed by atoms with Gasteiger partial charge in [-0.2, -0.15) is 13.2 Å². The van der Waals surface area contributed by atoms with E-state index in [0.717, 1.165) is 18.2 Å². The van der Waals surface area contributed by atoms with Gasteiger partial charge in [0.25, 0.3) is 5.91 Å². The van der Waals surface area contributed by atoms with E-state index in [4.69, 9.17) is 39.5 Å². The highest BCUT2D eigenvalue weighted by Crippen LogP contribution is 2.33. The highest BCUT2D eigenvalue weighted by atomic mass is 35.5. The number of alkyl halides is 3. The van der Waals surface area contributed by atoms with Crippen molar-refractivity contribution in [2.75, 3.05) is 11.9 Å². The van der Waals surface area contributed by atoms with Crippen LogP contribution in [-0.2, 0) is 20.5 Å². The summed E-state index contributed by atoms with van der Waals surface area (Å²) >= 11 is 17.5. The van der Waals surface area contributed by atoms with E-state index >= 15 is 0 Å². The first-order valence-electron chi connectivity index (χ1n) is 7.53. The van der Waals surface area contributed by atoms with Crippen LogP contribution in [0.3, 0.4) is 0 Å². The Morgan fingerprint density at radius 1 is 1.04 bits per heavy atom. The molecule has 0 unspecified atom stereocenters.